The molecule has 1 atom stereocenters. The first-order valence-electron chi connectivity index (χ1n) is 8.68. The van der Waals surface area contributed by atoms with Gasteiger partial charge in [-0.15, -0.1) is 0 Å². The van der Waals surface area contributed by atoms with E-state index in [1.54, 1.807) is 48.5 Å². The summed E-state index contributed by atoms with van der Waals surface area (Å²) in [7, 11) is 0. The van der Waals surface area contributed by atoms with E-state index in [-0.39, 0.29) is 19.0 Å². The maximum Gasteiger partial charge on any atom is 0.262 e. The SMILES string of the molecule is CC(C(=O)NCCNC(=O)c1ccc(Br)cc1)N1C(=O)c2ccccc2C1=O. The lowest BCUT2D eigenvalue weighted by Crippen LogP contribution is -2.49. The molecule has 4 amide bonds. The quantitative estimate of drug-likeness (QED) is 0.526. The smallest absolute Gasteiger partial charge is 0.262 e. The van der Waals surface area contributed by atoms with Gasteiger partial charge in [-0.3, -0.25) is 24.1 Å². The van der Waals surface area contributed by atoms with Crippen molar-refractivity contribution in [2.45, 2.75) is 13.0 Å². The van der Waals surface area contributed by atoms with Crippen molar-refractivity contribution in [1.82, 2.24) is 15.5 Å². The van der Waals surface area contributed by atoms with Gasteiger partial charge in [0.1, 0.15) is 6.04 Å². The summed E-state index contributed by atoms with van der Waals surface area (Å²) in [6.07, 6.45) is 0. The molecule has 3 rings (SSSR count). The average molecular weight is 444 g/mol. The highest BCUT2D eigenvalue weighted by molar-refractivity contribution is 9.10. The molecule has 8 heteroatoms. The molecule has 28 heavy (non-hydrogen) atoms. The predicted octanol–water partition coefficient (Wildman–Crippen LogP) is 1.98. The summed E-state index contributed by atoms with van der Waals surface area (Å²) in [6.45, 7) is 1.89. The first-order valence-corrected chi connectivity index (χ1v) is 9.48. The largest absolute Gasteiger partial charge is 0.353 e. The maximum absolute atomic E-state index is 12.4. The van der Waals surface area contributed by atoms with Crippen molar-refractivity contribution in [2.75, 3.05) is 13.1 Å². The zero-order valence-electron chi connectivity index (χ0n) is 15.1. The summed E-state index contributed by atoms with van der Waals surface area (Å²) in [5, 5.41) is 5.33. The average Bonchev–Trinajstić information content (AvgIpc) is 2.95. The molecule has 0 saturated carbocycles. The first kappa shape index (κ1) is 19.8. The Bertz CT molecular complexity index is 908. The van der Waals surface area contributed by atoms with E-state index < -0.39 is 23.8 Å². The van der Waals surface area contributed by atoms with Crippen molar-refractivity contribution in [3.05, 3.63) is 69.7 Å². The van der Waals surface area contributed by atoms with Crippen molar-refractivity contribution in [3.8, 4) is 0 Å². The van der Waals surface area contributed by atoms with E-state index in [9.17, 15) is 19.2 Å². The molecule has 0 radical (unpaired) electrons. The Morgan fingerprint density at radius 1 is 0.929 bits per heavy atom. The predicted molar refractivity (Wildman–Crippen MR) is 106 cm³/mol. The molecule has 2 N–H and O–H groups in total. The standard InChI is InChI=1S/C20H18BrN3O4/c1-12(24-19(27)15-4-2-3-5-16(15)20(24)28)17(25)22-10-11-23-18(26)13-6-8-14(21)9-7-13/h2-9,12H,10-11H2,1H3,(H,22,25)(H,23,26). The molecule has 1 unspecified atom stereocenters. The van der Waals surface area contributed by atoms with E-state index >= 15 is 0 Å². The van der Waals surface area contributed by atoms with Gasteiger partial charge in [-0.25, -0.2) is 0 Å². The number of rotatable bonds is 6. The van der Waals surface area contributed by atoms with Crippen LogP contribution in [0.1, 0.15) is 38.0 Å². The van der Waals surface area contributed by atoms with E-state index in [0.717, 1.165) is 9.37 Å². The molecule has 144 valence electrons. The molecule has 2 aromatic rings. The van der Waals surface area contributed by atoms with Gasteiger partial charge in [0.15, 0.2) is 0 Å². The zero-order valence-corrected chi connectivity index (χ0v) is 16.7. The van der Waals surface area contributed by atoms with Crippen molar-refractivity contribution in [1.29, 1.82) is 0 Å². The molecule has 0 fully saturated rings. The van der Waals surface area contributed by atoms with Crippen molar-refractivity contribution >= 4 is 39.6 Å². The fraction of sp³-hybridized carbons (Fsp3) is 0.200. The lowest BCUT2D eigenvalue weighted by molar-refractivity contribution is -0.124. The molecule has 2 aromatic carbocycles. The Labute approximate surface area is 170 Å². The summed E-state index contributed by atoms with van der Waals surface area (Å²) in [5.74, 6) is -1.68. The van der Waals surface area contributed by atoms with Crippen molar-refractivity contribution in [3.63, 3.8) is 0 Å². The van der Waals surface area contributed by atoms with Crippen LogP contribution in [0.3, 0.4) is 0 Å². The summed E-state index contributed by atoms with van der Waals surface area (Å²) in [4.78, 5) is 50.2. The van der Waals surface area contributed by atoms with Crippen LogP contribution in [0.2, 0.25) is 0 Å². The minimum Gasteiger partial charge on any atom is -0.353 e. The van der Waals surface area contributed by atoms with Crippen LogP contribution < -0.4 is 10.6 Å². The highest BCUT2D eigenvalue weighted by Gasteiger charge is 2.40. The molecule has 0 spiro atoms. The number of amides is 4. The van der Waals surface area contributed by atoms with E-state index in [0.29, 0.717) is 16.7 Å². The van der Waals surface area contributed by atoms with Gasteiger partial charge < -0.3 is 10.6 Å². The van der Waals surface area contributed by atoms with Crippen LogP contribution in [0.15, 0.2) is 53.0 Å². The van der Waals surface area contributed by atoms with Gasteiger partial charge in [0.25, 0.3) is 17.7 Å². The number of nitrogens with one attached hydrogen (secondary N) is 2. The van der Waals surface area contributed by atoms with Gasteiger partial charge in [0, 0.05) is 23.1 Å². The zero-order chi connectivity index (χ0) is 20.3. The second kappa shape index (κ2) is 8.35. The summed E-state index contributed by atoms with van der Waals surface area (Å²) in [6, 6.07) is 12.4. The van der Waals surface area contributed by atoms with Crippen LogP contribution in [-0.2, 0) is 4.79 Å². The number of carbonyl (C=O) groups is 4. The van der Waals surface area contributed by atoms with E-state index in [4.69, 9.17) is 0 Å². The van der Waals surface area contributed by atoms with Gasteiger partial charge in [-0.05, 0) is 43.3 Å². The van der Waals surface area contributed by atoms with Crippen LogP contribution in [0.4, 0.5) is 0 Å². The van der Waals surface area contributed by atoms with Gasteiger partial charge in [-0.2, -0.15) is 0 Å². The van der Waals surface area contributed by atoms with E-state index in [2.05, 4.69) is 26.6 Å². The number of fused-ring (bicyclic) bond motifs is 1. The molecule has 0 saturated heterocycles. The normalized spacial score (nSPS) is 13.9. The minimum absolute atomic E-state index is 0.175. The third-order valence-electron chi connectivity index (χ3n) is 4.41. The topological polar surface area (TPSA) is 95.6 Å². The summed E-state index contributed by atoms with van der Waals surface area (Å²) >= 11 is 3.30. The van der Waals surface area contributed by atoms with Gasteiger partial charge in [0.2, 0.25) is 5.91 Å². The monoisotopic (exact) mass is 443 g/mol. The van der Waals surface area contributed by atoms with Crippen molar-refractivity contribution < 1.29 is 19.2 Å². The summed E-state index contributed by atoms with van der Waals surface area (Å²) < 4.78 is 0.874. The molecule has 1 heterocycles. The second-order valence-electron chi connectivity index (χ2n) is 6.26. The maximum atomic E-state index is 12.4. The Hall–Kier alpha value is -3.00. The number of imide groups is 1. The van der Waals surface area contributed by atoms with Crippen molar-refractivity contribution in [2.24, 2.45) is 0 Å². The van der Waals surface area contributed by atoms with Crippen LogP contribution in [-0.4, -0.2) is 47.7 Å². The molecule has 1 aliphatic rings. The number of halogens is 1. The van der Waals surface area contributed by atoms with Gasteiger partial charge in [0.05, 0.1) is 11.1 Å². The first-order chi connectivity index (χ1) is 13.4. The van der Waals surface area contributed by atoms with Crippen LogP contribution in [0.5, 0.6) is 0 Å². The molecule has 1 aliphatic heterocycles. The molecule has 7 nitrogen and oxygen atoms in total. The van der Waals surface area contributed by atoms with Crippen LogP contribution >= 0.6 is 15.9 Å². The lowest BCUT2D eigenvalue weighted by atomic mass is 10.1. The van der Waals surface area contributed by atoms with E-state index in [1.807, 2.05) is 0 Å². The third kappa shape index (κ3) is 3.96. The third-order valence-corrected chi connectivity index (χ3v) is 4.94. The highest BCUT2D eigenvalue weighted by Crippen LogP contribution is 2.24. The Morgan fingerprint density at radius 2 is 1.46 bits per heavy atom. The Kier molecular flexibility index (Phi) is 5.89. The fourth-order valence-corrected chi connectivity index (χ4v) is 3.15. The Morgan fingerprint density at radius 3 is 2.04 bits per heavy atom. The lowest BCUT2D eigenvalue weighted by Gasteiger charge is -2.21. The molecule has 0 aromatic heterocycles. The number of hydrogen-bond acceptors (Lipinski definition) is 4. The molecular formula is C20H18BrN3O4. The van der Waals surface area contributed by atoms with Gasteiger partial charge >= 0.3 is 0 Å². The number of benzene rings is 2. The van der Waals surface area contributed by atoms with Crippen LogP contribution in [0, 0.1) is 0 Å². The Balaban J connectivity index is 1.50. The minimum atomic E-state index is -0.949. The second-order valence-corrected chi connectivity index (χ2v) is 7.17. The summed E-state index contributed by atoms with van der Waals surface area (Å²) in [5.41, 5.74) is 1.11. The number of nitrogens with zero attached hydrogens (tertiary/aromatic N) is 1. The van der Waals surface area contributed by atoms with Crippen LogP contribution in [0.25, 0.3) is 0 Å². The molecule has 0 bridgehead atoms. The number of hydrogen-bond donors (Lipinski definition) is 2. The molecular weight excluding hydrogens is 426 g/mol. The number of carbonyl (C=O) groups excluding carboxylic acids is 4. The fourth-order valence-electron chi connectivity index (χ4n) is 2.89. The van der Waals surface area contributed by atoms with Gasteiger partial charge in [-0.1, -0.05) is 28.1 Å². The van der Waals surface area contributed by atoms with E-state index in [1.165, 1.54) is 6.92 Å². The highest BCUT2D eigenvalue weighted by atomic mass is 79.9. The molecule has 0 aliphatic carbocycles.